The molecule has 2 heterocycles. The Morgan fingerprint density at radius 1 is 1.16 bits per heavy atom. The standard InChI is InChI=1S/C12H7Cl2N3S2/c13-9-2-1-7(3-10(9)14)11-4-8(6-18-11)19-12-5-15-17-16-12/h1-6H,(H,15,16,17). The number of H-pyrrole nitrogens is 1. The molecule has 1 N–H and O–H groups in total. The van der Waals surface area contributed by atoms with Gasteiger partial charge in [0.15, 0.2) is 0 Å². The van der Waals surface area contributed by atoms with E-state index in [2.05, 4.69) is 26.9 Å². The van der Waals surface area contributed by atoms with E-state index >= 15 is 0 Å². The van der Waals surface area contributed by atoms with Crippen LogP contribution >= 0.6 is 46.3 Å². The van der Waals surface area contributed by atoms with E-state index in [1.54, 1.807) is 29.3 Å². The normalized spacial score (nSPS) is 10.8. The summed E-state index contributed by atoms with van der Waals surface area (Å²) in [5.41, 5.74) is 1.06. The molecule has 0 amide bonds. The van der Waals surface area contributed by atoms with Crippen LogP contribution in [0.1, 0.15) is 0 Å². The molecule has 0 fully saturated rings. The number of aromatic amines is 1. The third-order valence-electron chi connectivity index (χ3n) is 2.39. The van der Waals surface area contributed by atoms with E-state index in [1.807, 2.05) is 18.2 Å². The Morgan fingerprint density at radius 3 is 2.79 bits per heavy atom. The van der Waals surface area contributed by atoms with E-state index in [-0.39, 0.29) is 0 Å². The Balaban J connectivity index is 1.86. The second-order valence-electron chi connectivity index (χ2n) is 3.69. The predicted octanol–water partition coefficient (Wildman–Crippen LogP) is 4.99. The van der Waals surface area contributed by atoms with Gasteiger partial charge in [-0.15, -0.1) is 16.4 Å². The molecule has 0 radical (unpaired) electrons. The first-order valence-electron chi connectivity index (χ1n) is 5.30. The summed E-state index contributed by atoms with van der Waals surface area (Å²) < 4.78 is 0. The zero-order valence-electron chi connectivity index (χ0n) is 9.43. The van der Waals surface area contributed by atoms with Crippen molar-refractivity contribution in [3.8, 4) is 10.4 Å². The monoisotopic (exact) mass is 327 g/mol. The molecule has 1 aromatic carbocycles. The number of hydrogen-bond donors (Lipinski definition) is 1. The van der Waals surface area contributed by atoms with Crippen LogP contribution in [0.15, 0.2) is 45.8 Å². The number of rotatable bonds is 3. The van der Waals surface area contributed by atoms with Gasteiger partial charge in [0.25, 0.3) is 0 Å². The average Bonchev–Trinajstić information content (AvgIpc) is 3.05. The van der Waals surface area contributed by atoms with E-state index in [0.29, 0.717) is 10.0 Å². The maximum atomic E-state index is 6.03. The van der Waals surface area contributed by atoms with Crippen LogP contribution in [0.2, 0.25) is 10.0 Å². The first-order chi connectivity index (χ1) is 9.22. The summed E-state index contributed by atoms with van der Waals surface area (Å²) in [6, 6.07) is 7.75. The lowest BCUT2D eigenvalue weighted by molar-refractivity contribution is 0.911. The van der Waals surface area contributed by atoms with Crippen molar-refractivity contribution in [3.05, 3.63) is 45.9 Å². The SMILES string of the molecule is Clc1ccc(-c2cc(Sc3cn[nH]n3)cs2)cc1Cl. The van der Waals surface area contributed by atoms with Gasteiger partial charge in [0.1, 0.15) is 5.03 Å². The summed E-state index contributed by atoms with van der Waals surface area (Å²) in [6.07, 6.45) is 1.70. The van der Waals surface area contributed by atoms with Crippen molar-refractivity contribution in [2.75, 3.05) is 0 Å². The second-order valence-corrected chi connectivity index (χ2v) is 6.51. The van der Waals surface area contributed by atoms with Gasteiger partial charge in [0.05, 0.1) is 16.2 Å². The van der Waals surface area contributed by atoms with Crippen LogP contribution in [0, 0.1) is 0 Å². The molecule has 3 aromatic rings. The van der Waals surface area contributed by atoms with Crippen LogP contribution in [0.5, 0.6) is 0 Å². The topological polar surface area (TPSA) is 41.6 Å². The maximum Gasteiger partial charge on any atom is 0.143 e. The fourth-order valence-corrected chi connectivity index (χ4v) is 3.62. The lowest BCUT2D eigenvalue weighted by Gasteiger charge is -1.99. The van der Waals surface area contributed by atoms with Crippen LogP contribution < -0.4 is 0 Å². The average molecular weight is 328 g/mol. The number of benzene rings is 1. The zero-order valence-corrected chi connectivity index (χ0v) is 12.6. The first-order valence-corrected chi connectivity index (χ1v) is 7.75. The highest BCUT2D eigenvalue weighted by Crippen LogP contribution is 2.36. The van der Waals surface area contributed by atoms with Crippen molar-refractivity contribution in [1.82, 2.24) is 15.4 Å². The predicted molar refractivity (Wildman–Crippen MR) is 80.3 cm³/mol. The van der Waals surface area contributed by atoms with Crippen LogP contribution in [0.25, 0.3) is 10.4 Å². The molecule has 3 nitrogen and oxygen atoms in total. The van der Waals surface area contributed by atoms with Gasteiger partial charge in [-0.05, 0) is 23.8 Å². The number of hydrogen-bond acceptors (Lipinski definition) is 4. The summed E-state index contributed by atoms with van der Waals surface area (Å²) in [6.45, 7) is 0. The minimum atomic E-state index is 0.568. The molecule has 3 rings (SSSR count). The van der Waals surface area contributed by atoms with E-state index < -0.39 is 0 Å². The van der Waals surface area contributed by atoms with Crippen molar-refractivity contribution in [1.29, 1.82) is 0 Å². The molecule has 19 heavy (non-hydrogen) atoms. The minimum Gasteiger partial charge on any atom is -0.197 e. The molecule has 2 aromatic heterocycles. The Hall–Kier alpha value is -1.01. The highest BCUT2D eigenvalue weighted by atomic mass is 35.5. The van der Waals surface area contributed by atoms with Gasteiger partial charge in [-0.25, -0.2) is 0 Å². The Labute approximate surface area is 128 Å². The van der Waals surface area contributed by atoms with Crippen LogP contribution in [0.4, 0.5) is 0 Å². The molecular weight excluding hydrogens is 321 g/mol. The van der Waals surface area contributed by atoms with Crippen molar-refractivity contribution in [2.45, 2.75) is 9.92 Å². The van der Waals surface area contributed by atoms with E-state index in [4.69, 9.17) is 23.2 Å². The van der Waals surface area contributed by atoms with Gasteiger partial charge in [-0.3, -0.25) is 0 Å². The van der Waals surface area contributed by atoms with E-state index in [1.165, 1.54) is 0 Å². The lowest BCUT2D eigenvalue weighted by atomic mass is 10.2. The maximum absolute atomic E-state index is 6.03. The third kappa shape index (κ3) is 2.95. The molecule has 96 valence electrons. The lowest BCUT2D eigenvalue weighted by Crippen LogP contribution is -1.74. The Morgan fingerprint density at radius 2 is 2.05 bits per heavy atom. The number of thiophene rings is 1. The Bertz CT molecular complexity index is 695. The van der Waals surface area contributed by atoms with Crippen molar-refractivity contribution in [2.24, 2.45) is 0 Å². The number of nitrogens with one attached hydrogen (secondary N) is 1. The summed E-state index contributed by atoms with van der Waals surface area (Å²) in [5, 5.41) is 14.4. The molecular formula is C12H7Cl2N3S2. The summed E-state index contributed by atoms with van der Waals surface area (Å²) in [7, 11) is 0. The Kier molecular flexibility index (Phi) is 3.79. The molecule has 0 spiro atoms. The zero-order chi connectivity index (χ0) is 13.2. The van der Waals surface area contributed by atoms with Crippen LogP contribution in [-0.2, 0) is 0 Å². The van der Waals surface area contributed by atoms with Gasteiger partial charge >= 0.3 is 0 Å². The van der Waals surface area contributed by atoms with Gasteiger partial charge < -0.3 is 0 Å². The van der Waals surface area contributed by atoms with Crippen LogP contribution in [0.3, 0.4) is 0 Å². The fourth-order valence-electron chi connectivity index (χ4n) is 1.53. The molecule has 0 unspecified atom stereocenters. The summed E-state index contributed by atoms with van der Waals surface area (Å²) in [5.74, 6) is 0. The number of halogens is 2. The molecule has 0 atom stereocenters. The number of nitrogens with zero attached hydrogens (tertiary/aromatic N) is 2. The summed E-state index contributed by atoms with van der Waals surface area (Å²) >= 11 is 15.2. The number of aromatic nitrogens is 3. The highest BCUT2D eigenvalue weighted by molar-refractivity contribution is 7.99. The van der Waals surface area contributed by atoms with Crippen LogP contribution in [-0.4, -0.2) is 15.4 Å². The minimum absolute atomic E-state index is 0.568. The van der Waals surface area contributed by atoms with Crippen molar-refractivity contribution in [3.63, 3.8) is 0 Å². The second kappa shape index (κ2) is 5.54. The largest absolute Gasteiger partial charge is 0.197 e. The van der Waals surface area contributed by atoms with Crippen molar-refractivity contribution >= 4 is 46.3 Å². The third-order valence-corrected chi connectivity index (χ3v) is 5.14. The van der Waals surface area contributed by atoms with E-state index in [0.717, 1.165) is 20.4 Å². The molecule has 0 aliphatic heterocycles. The molecule has 0 saturated carbocycles. The smallest absolute Gasteiger partial charge is 0.143 e. The van der Waals surface area contributed by atoms with Gasteiger partial charge in [-0.1, -0.05) is 41.0 Å². The quantitative estimate of drug-likeness (QED) is 0.736. The fraction of sp³-hybridized carbons (Fsp3) is 0. The molecule has 0 bridgehead atoms. The molecule has 7 heteroatoms. The van der Waals surface area contributed by atoms with Gasteiger partial charge in [0.2, 0.25) is 0 Å². The van der Waals surface area contributed by atoms with Gasteiger partial charge in [0, 0.05) is 15.2 Å². The molecule has 0 saturated heterocycles. The first kappa shape index (κ1) is 13.0. The van der Waals surface area contributed by atoms with E-state index in [9.17, 15) is 0 Å². The van der Waals surface area contributed by atoms with Gasteiger partial charge in [-0.2, -0.15) is 10.3 Å². The molecule has 0 aliphatic rings. The highest BCUT2D eigenvalue weighted by Gasteiger charge is 2.07. The summed E-state index contributed by atoms with van der Waals surface area (Å²) in [4.78, 5) is 2.27. The molecule has 0 aliphatic carbocycles. The van der Waals surface area contributed by atoms with Crippen molar-refractivity contribution < 1.29 is 0 Å².